The third kappa shape index (κ3) is 5.39. The van der Waals surface area contributed by atoms with Crippen molar-refractivity contribution in [3.05, 3.63) is 66.7 Å². The van der Waals surface area contributed by atoms with E-state index in [2.05, 4.69) is 17.2 Å². The number of ether oxygens (including phenoxy) is 2. The van der Waals surface area contributed by atoms with Gasteiger partial charge in [-0.1, -0.05) is 18.2 Å². The maximum atomic E-state index is 12.3. The third-order valence-corrected chi connectivity index (χ3v) is 3.28. The molecule has 0 unspecified atom stereocenters. The van der Waals surface area contributed by atoms with Gasteiger partial charge in [0.2, 0.25) is 0 Å². The minimum absolute atomic E-state index is 0.0826. The lowest BCUT2D eigenvalue weighted by Gasteiger charge is -2.10. The highest BCUT2D eigenvalue weighted by Gasteiger charge is 2.11. The van der Waals surface area contributed by atoms with Gasteiger partial charge in [0.25, 0.3) is 11.8 Å². The Balaban J connectivity index is 1.92. The van der Waals surface area contributed by atoms with Crippen LogP contribution in [0.1, 0.15) is 10.4 Å². The van der Waals surface area contributed by atoms with Gasteiger partial charge in [0.15, 0.2) is 6.61 Å². The highest BCUT2D eigenvalue weighted by molar-refractivity contribution is 6.06. The molecule has 2 aromatic rings. The molecule has 0 saturated carbocycles. The van der Waals surface area contributed by atoms with E-state index in [-0.39, 0.29) is 18.4 Å². The van der Waals surface area contributed by atoms with Crippen LogP contribution < -0.4 is 20.1 Å². The van der Waals surface area contributed by atoms with Crippen molar-refractivity contribution in [3.8, 4) is 11.5 Å². The number of carbonyl (C=O) groups is 2. The molecule has 2 aromatic carbocycles. The first-order valence-corrected chi connectivity index (χ1v) is 7.69. The summed E-state index contributed by atoms with van der Waals surface area (Å²) in [5.74, 6) is 0.540. The van der Waals surface area contributed by atoms with Gasteiger partial charge in [-0.25, -0.2) is 0 Å². The predicted molar refractivity (Wildman–Crippen MR) is 96.1 cm³/mol. The van der Waals surface area contributed by atoms with E-state index < -0.39 is 0 Å². The quantitative estimate of drug-likeness (QED) is 0.724. The number of rotatable bonds is 8. The van der Waals surface area contributed by atoms with E-state index in [4.69, 9.17) is 9.47 Å². The summed E-state index contributed by atoms with van der Waals surface area (Å²) in [6, 6.07) is 13.7. The lowest BCUT2D eigenvalue weighted by molar-refractivity contribution is -0.122. The molecule has 0 heterocycles. The van der Waals surface area contributed by atoms with Crippen LogP contribution in [0.4, 0.5) is 5.69 Å². The van der Waals surface area contributed by atoms with Gasteiger partial charge in [0, 0.05) is 12.2 Å². The molecule has 0 saturated heterocycles. The Labute approximate surface area is 146 Å². The molecule has 2 N–H and O–H groups in total. The Hall–Kier alpha value is -3.28. The van der Waals surface area contributed by atoms with Crippen molar-refractivity contribution >= 4 is 17.5 Å². The summed E-state index contributed by atoms with van der Waals surface area (Å²) in [6.07, 6.45) is 1.59. The molecule has 0 aromatic heterocycles. The van der Waals surface area contributed by atoms with E-state index >= 15 is 0 Å². The molecule has 0 fully saturated rings. The Kier molecular flexibility index (Phi) is 6.59. The van der Waals surface area contributed by atoms with Crippen LogP contribution in [0.25, 0.3) is 0 Å². The van der Waals surface area contributed by atoms with Gasteiger partial charge in [0.05, 0.1) is 12.7 Å². The normalized spacial score (nSPS) is 9.80. The van der Waals surface area contributed by atoms with Crippen LogP contribution in [-0.4, -0.2) is 32.1 Å². The Morgan fingerprint density at radius 3 is 2.52 bits per heavy atom. The smallest absolute Gasteiger partial charge is 0.259 e. The first-order chi connectivity index (χ1) is 12.1. The Morgan fingerprint density at radius 2 is 1.84 bits per heavy atom. The molecular weight excluding hydrogens is 320 g/mol. The molecule has 2 rings (SSSR count). The maximum Gasteiger partial charge on any atom is 0.259 e. The standard InChI is InChI=1S/C19H20N2O4/c1-3-12-20-18(22)13-25-15-10-8-14(9-11-15)21-19(23)16-6-4-5-7-17(16)24-2/h3-11H,1,12-13H2,2H3,(H,20,22)(H,21,23). The van der Waals surface area contributed by atoms with Gasteiger partial charge < -0.3 is 20.1 Å². The summed E-state index contributed by atoms with van der Waals surface area (Å²) < 4.78 is 10.5. The number of hydrogen-bond donors (Lipinski definition) is 2. The summed E-state index contributed by atoms with van der Waals surface area (Å²) in [5.41, 5.74) is 1.06. The molecule has 0 bridgehead atoms. The zero-order valence-corrected chi connectivity index (χ0v) is 14.0. The zero-order chi connectivity index (χ0) is 18.1. The van der Waals surface area contributed by atoms with Crippen molar-refractivity contribution in [2.45, 2.75) is 0 Å². The third-order valence-electron chi connectivity index (χ3n) is 3.28. The van der Waals surface area contributed by atoms with Crippen LogP contribution in [0.5, 0.6) is 11.5 Å². The second-order valence-electron chi connectivity index (χ2n) is 5.06. The van der Waals surface area contributed by atoms with E-state index in [1.807, 2.05) is 0 Å². The number of para-hydroxylation sites is 1. The number of benzene rings is 2. The number of hydrogen-bond acceptors (Lipinski definition) is 4. The molecule has 2 amide bonds. The number of anilines is 1. The van der Waals surface area contributed by atoms with Crippen molar-refractivity contribution in [1.29, 1.82) is 0 Å². The molecule has 0 aliphatic rings. The zero-order valence-electron chi connectivity index (χ0n) is 14.0. The fourth-order valence-corrected chi connectivity index (χ4v) is 2.05. The van der Waals surface area contributed by atoms with Crippen LogP contribution in [0.3, 0.4) is 0 Å². The van der Waals surface area contributed by atoms with E-state index in [9.17, 15) is 9.59 Å². The summed E-state index contributed by atoms with van der Waals surface area (Å²) in [7, 11) is 1.52. The molecule has 0 atom stereocenters. The Morgan fingerprint density at radius 1 is 1.12 bits per heavy atom. The second kappa shape index (κ2) is 9.12. The molecule has 0 radical (unpaired) electrons. The van der Waals surface area contributed by atoms with Crippen molar-refractivity contribution < 1.29 is 19.1 Å². The molecule has 6 heteroatoms. The molecule has 0 spiro atoms. The minimum Gasteiger partial charge on any atom is -0.496 e. The van der Waals surface area contributed by atoms with Crippen LogP contribution in [0.2, 0.25) is 0 Å². The lowest BCUT2D eigenvalue weighted by Crippen LogP contribution is -2.28. The number of methoxy groups -OCH3 is 1. The Bertz CT molecular complexity index is 741. The van der Waals surface area contributed by atoms with Gasteiger partial charge in [-0.2, -0.15) is 0 Å². The summed E-state index contributed by atoms with van der Waals surface area (Å²) in [4.78, 5) is 23.8. The van der Waals surface area contributed by atoms with E-state index in [1.54, 1.807) is 54.6 Å². The van der Waals surface area contributed by atoms with Crippen molar-refractivity contribution in [3.63, 3.8) is 0 Å². The van der Waals surface area contributed by atoms with Crippen molar-refractivity contribution in [2.75, 3.05) is 25.6 Å². The number of carbonyl (C=O) groups excluding carboxylic acids is 2. The second-order valence-corrected chi connectivity index (χ2v) is 5.06. The molecule has 0 aliphatic heterocycles. The van der Waals surface area contributed by atoms with E-state index in [0.717, 1.165) is 0 Å². The lowest BCUT2D eigenvalue weighted by atomic mass is 10.2. The highest BCUT2D eigenvalue weighted by Crippen LogP contribution is 2.20. The first kappa shape index (κ1) is 18.1. The van der Waals surface area contributed by atoms with Crippen LogP contribution in [0, 0.1) is 0 Å². The van der Waals surface area contributed by atoms with E-state index in [0.29, 0.717) is 29.3 Å². The van der Waals surface area contributed by atoms with Crippen molar-refractivity contribution in [1.82, 2.24) is 5.32 Å². The maximum absolute atomic E-state index is 12.3. The molecule has 0 aliphatic carbocycles. The largest absolute Gasteiger partial charge is 0.496 e. The SMILES string of the molecule is C=CCNC(=O)COc1ccc(NC(=O)c2ccccc2OC)cc1. The average molecular weight is 340 g/mol. The topological polar surface area (TPSA) is 76.7 Å². The highest BCUT2D eigenvalue weighted by atomic mass is 16.5. The van der Waals surface area contributed by atoms with E-state index in [1.165, 1.54) is 7.11 Å². The summed E-state index contributed by atoms with van der Waals surface area (Å²) in [6.45, 7) is 3.84. The van der Waals surface area contributed by atoms with Gasteiger partial charge >= 0.3 is 0 Å². The van der Waals surface area contributed by atoms with Crippen molar-refractivity contribution in [2.24, 2.45) is 0 Å². The number of nitrogens with one attached hydrogen (secondary N) is 2. The molecular formula is C19H20N2O4. The molecule has 6 nitrogen and oxygen atoms in total. The summed E-state index contributed by atoms with van der Waals surface area (Å²) in [5, 5.41) is 5.41. The van der Waals surface area contributed by atoms with Crippen LogP contribution >= 0.6 is 0 Å². The molecule has 25 heavy (non-hydrogen) atoms. The van der Waals surface area contributed by atoms with Gasteiger partial charge in [-0.3, -0.25) is 9.59 Å². The first-order valence-electron chi connectivity index (χ1n) is 7.69. The molecule has 130 valence electrons. The fraction of sp³-hybridized carbons (Fsp3) is 0.158. The van der Waals surface area contributed by atoms with Gasteiger partial charge in [0.1, 0.15) is 11.5 Å². The van der Waals surface area contributed by atoms with Gasteiger partial charge in [-0.15, -0.1) is 6.58 Å². The minimum atomic E-state index is -0.269. The predicted octanol–water partition coefficient (Wildman–Crippen LogP) is 2.63. The summed E-state index contributed by atoms with van der Waals surface area (Å²) >= 11 is 0. The van der Waals surface area contributed by atoms with Crippen LogP contribution in [0.15, 0.2) is 61.2 Å². The van der Waals surface area contributed by atoms with Crippen LogP contribution in [-0.2, 0) is 4.79 Å². The number of amides is 2. The fourth-order valence-electron chi connectivity index (χ4n) is 2.05. The monoisotopic (exact) mass is 340 g/mol. The average Bonchev–Trinajstić information content (AvgIpc) is 2.65. The van der Waals surface area contributed by atoms with Gasteiger partial charge in [-0.05, 0) is 36.4 Å².